The molecule has 1 atom stereocenters. The molecule has 3 rings (SSSR count). The first kappa shape index (κ1) is 23.8. The van der Waals surface area contributed by atoms with Crippen molar-refractivity contribution >= 4 is 50.1 Å². The number of hydrogen-bond donors (Lipinski definition) is 0. The number of pyridine rings is 1. The van der Waals surface area contributed by atoms with Gasteiger partial charge in [-0.2, -0.15) is 26.3 Å². The number of nitrogens with zero attached hydrogens (tertiary/aromatic N) is 3. The van der Waals surface area contributed by atoms with Crippen LogP contribution in [0.1, 0.15) is 6.92 Å². The van der Waals surface area contributed by atoms with Gasteiger partial charge < -0.3 is 4.57 Å². The van der Waals surface area contributed by atoms with Gasteiger partial charge in [0.25, 0.3) is 0 Å². The van der Waals surface area contributed by atoms with Crippen LogP contribution in [0.3, 0.4) is 0 Å². The summed E-state index contributed by atoms with van der Waals surface area (Å²) in [5, 5.41) is 0. The van der Waals surface area contributed by atoms with Gasteiger partial charge >= 0.3 is 11.0 Å². The van der Waals surface area contributed by atoms with Crippen molar-refractivity contribution in [1.82, 2.24) is 14.5 Å². The van der Waals surface area contributed by atoms with Crippen molar-refractivity contribution < 1.29 is 30.6 Å². The van der Waals surface area contributed by atoms with Crippen LogP contribution in [0.15, 0.2) is 45.1 Å². The lowest BCUT2D eigenvalue weighted by molar-refractivity contribution is -0.0337. The van der Waals surface area contributed by atoms with Gasteiger partial charge in [0.2, 0.25) is 0 Å². The Kier molecular flexibility index (Phi) is 6.33. The number of imidazole rings is 1. The summed E-state index contributed by atoms with van der Waals surface area (Å²) < 4.78 is 90.9. The Morgan fingerprint density at radius 1 is 1.06 bits per heavy atom. The molecule has 0 N–H and O–H groups in total. The van der Waals surface area contributed by atoms with Crippen LogP contribution in [0, 0.1) is 0 Å². The van der Waals surface area contributed by atoms with E-state index in [0.717, 1.165) is 6.20 Å². The topological polar surface area (TPSA) is 47.8 Å². The molecular formula is C18H15F6N3OS3. The molecule has 2 aromatic heterocycles. The van der Waals surface area contributed by atoms with E-state index in [0.29, 0.717) is 0 Å². The van der Waals surface area contributed by atoms with Crippen molar-refractivity contribution in [3.05, 3.63) is 30.5 Å². The lowest BCUT2D eigenvalue weighted by atomic mass is 10.2. The highest BCUT2D eigenvalue weighted by Crippen LogP contribution is 2.41. The number of hydrogen-bond acceptors (Lipinski definition) is 5. The molecule has 3 aromatic rings. The maximum atomic E-state index is 13.0. The van der Waals surface area contributed by atoms with Crippen LogP contribution in [0.4, 0.5) is 26.3 Å². The van der Waals surface area contributed by atoms with Crippen LogP contribution in [-0.2, 0) is 16.6 Å². The summed E-state index contributed by atoms with van der Waals surface area (Å²) in [5.74, 6) is 3.96. The predicted molar refractivity (Wildman–Crippen MR) is 112 cm³/mol. The highest BCUT2D eigenvalue weighted by Gasteiger charge is 2.31. The Morgan fingerprint density at radius 3 is 2.26 bits per heavy atom. The fourth-order valence-electron chi connectivity index (χ4n) is 2.84. The summed E-state index contributed by atoms with van der Waals surface area (Å²) >= 11 is -0.673. The Labute approximate surface area is 182 Å². The van der Waals surface area contributed by atoms with Gasteiger partial charge in [0.15, 0.2) is 5.65 Å². The third kappa shape index (κ3) is 5.50. The van der Waals surface area contributed by atoms with E-state index in [1.807, 2.05) is 0 Å². The molecule has 0 saturated heterocycles. The molecule has 2 heterocycles. The number of aryl methyl sites for hydroxylation is 1. The summed E-state index contributed by atoms with van der Waals surface area (Å²) in [6.45, 7) is 1.60. The number of rotatable bonds is 5. The second-order valence-electron chi connectivity index (χ2n) is 6.36. The second kappa shape index (κ2) is 8.24. The summed E-state index contributed by atoms with van der Waals surface area (Å²) in [6, 6.07) is 4.97. The van der Waals surface area contributed by atoms with E-state index in [2.05, 4.69) is 15.8 Å². The molecule has 1 unspecified atom stereocenters. The lowest BCUT2D eigenvalue weighted by Gasteiger charge is -2.15. The summed E-state index contributed by atoms with van der Waals surface area (Å²) in [5.41, 5.74) is -8.31. The van der Waals surface area contributed by atoms with Crippen LogP contribution in [0.2, 0.25) is 0 Å². The second-order valence-corrected chi connectivity index (χ2v) is 11.3. The largest absolute Gasteiger partial charge is 0.446 e. The van der Waals surface area contributed by atoms with Crippen LogP contribution in [-0.4, -0.2) is 41.4 Å². The third-order valence-electron chi connectivity index (χ3n) is 4.21. The maximum absolute atomic E-state index is 13.0. The Hall–Kier alpha value is -1.86. The molecule has 0 saturated carbocycles. The summed E-state index contributed by atoms with van der Waals surface area (Å²) in [6.07, 6.45) is 1.06. The molecule has 0 aliphatic carbocycles. The number of halogens is 6. The minimum Gasteiger partial charge on any atom is -0.312 e. The van der Waals surface area contributed by atoms with Gasteiger partial charge in [-0.25, -0.2) is 9.97 Å². The number of thioether (sulfide) groups is 2. The third-order valence-corrected chi connectivity index (χ3v) is 7.70. The quantitative estimate of drug-likeness (QED) is 0.247. The fraction of sp³-hybridized carbons (Fsp3) is 0.278. The lowest BCUT2D eigenvalue weighted by Crippen LogP contribution is -2.08. The Bertz CT molecular complexity index is 1230. The van der Waals surface area contributed by atoms with E-state index in [1.165, 1.54) is 28.8 Å². The first-order chi connectivity index (χ1) is 14.2. The Morgan fingerprint density at radius 2 is 1.68 bits per heavy atom. The monoisotopic (exact) mass is 499 g/mol. The minimum atomic E-state index is -4.53. The molecule has 0 bridgehead atoms. The van der Waals surface area contributed by atoms with Crippen molar-refractivity contribution in [2.75, 3.05) is 5.75 Å². The average Bonchev–Trinajstić information content (AvgIpc) is 2.95. The Balaban J connectivity index is 2.18. The molecule has 0 aliphatic rings. The summed E-state index contributed by atoms with van der Waals surface area (Å²) in [4.78, 5) is 8.13. The van der Waals surface area contributed by atoms with Crippen LogP contribution in [0.25, 0.3) is 22.6 Å². The minimum absolute atomic E-state index is 0.0781. The average molecular weight is 500 g/mol. The van der Waals surface area contributed by atoms with Gasteiger partial charge in [-0.3, -0.25) is 4.21 Å². The zero-order chi connectivity index (χ0) is 23.2. The van der Waals surface area contributed by atoms with E-state index < -0.39 is 20.5 Å². The molecule has 13 heteroatoms. The van der Waals surface area contributed by atoms with Crippen molar-refractivity contribution in [2.45, 2.75) is 32.6 Å². The fourth-order valence-corrected chi connectivity index (χ4v) is 5.25. The molecule has 0 spiro atoms. The predicted octanol–water partition coefficient (Wildman–Crippen LogP) is 5.95. The molecular weight excluding hydrogens is 484 g/mol. The number of alkyl halides is 6. The molecule has 0 fully saturated rings. The smallest absolute Gasteiger partial charge is 0.312 e. The van der Waals surface area contributed by atoms with Crippen molar-refractivity contribution in [1.29, 1.82) is 0 Å². The van der Waals surface area contributed by atoms with Crippen LogP contribution >= 0.6 is 23.5 Å². The van der Waals surface area contributed by atoms with Gasteiger partial charge in [-0.05, 0) is 63.2 Å². The zero-order valence-corrected chi connectivity index (χ0v) is 18.5. The molecule has 4 nitrogen and oxygen atoms in total. The number of benzene rings is 1. The van der Waals surface area contributed by atoms with Crippen LogP contribution in [0.5, 0.6) is 0 Å². The van der Waals surface area contributed by atoms with E-state index >= 15 is 0 Å². The van der Waals surface area contributed by atoms with Crippen LogP contribution < -0.4 is 0 Å². The first-order valence-electron chi connectivity index (χ1n) is 8.53. The van der Waals surface area contributed by atoms with Gasteiger partial charge in [0.05, 0.1) is 0 Å². The van der Waals surface area contributed by atoms with Crippen molar-refractivity contribution in [2.24, 2.45) is 7.05 Å². The molecule has 0 aliphatic heterocycles. The SMILES string of the molecule is C=S(=O)(CC)c1cc(SC(F)(F)F)ccc1-c1nc2cc(SC(F)(F)F)cnc2n1C. The van der Waals surface area contributed by atoms with Gasteiger partial charge in [0.1, 0.15) is 11.3 Å². The number of aromatic nitrogens is 3. The molecule has 1 aromatic carbocycles. The standard InChI is InChI=1S/C18H15F6N3OS3/c1-4-31(3,28)14-8-10(29-17(19,20)21)5-6-12(14)15-26-13-7-11(30-18(22,23)24)9-25-16(13)27(15)2/h5-9H,3-4H2,1-2H3. The van der Waals surface area contributed by atoms with E-state index in [9.17, 15) is 30.6 Å². The zero-order valence-electron chi connectivity index (χ0n) is 16.0. The van der Waals surface area contributed by atoms with Gasteiger partial charge in [-0.1, -0.05) is 6.92 Å². The van der Waals surface area contributed by atoms with E-state index in [4.69, 9.17) is 0 Å². The van der Waals surface area contributed by atoms with E-state index in [1.54, 1.807) is 14.0 Å². The highest BCUT2D eigenvalue weighted by molar-refractivity contribution is 8.01. The number of fused-ring (bicyclic) bond motifs is 1. The van der Waals surface area contributed by atoms with Crippen molar-refractivity contribution in [3.8, 4) is 11.4 Å². The highest BCUT2D eigenvalue weighted by atomic mass is 32.2. The molecule has 168 valence electrons. The van der Waals surface area contributed by atoms with Gasteiger partial charge in [0, 0.05) is 39.2 Å². The molecule has 0 radical (unpaired) electrons. The summed E-state index contributed by atoms with van der Waals surface area (Å²) in [7, 11) is -1.39. The molecule has 0 amide bonds. The molecule has 31 heavy (non-hydrogen) atoms. The van der Waals surface area contributed by atoms with Crippen molar-refractivity contribution in [3.63, 3.8) is 0 Å². The van der Waals surface area contributed by atoms with E-state index in [-0.39, 0.29) is 66.5 Å². The maximum Gasteiger partial charge on any atom is 0.446 e. The van der Waals surface area contributed by atoms with Gasteiger partial charge in [-0.15, -0.1) is 0 Å². The normalized spacial score (nSPS) is 14.7. The first-order valence-corrected chi connectivity index (χ1v) is 12.1.